The number of rotatable bonds is 3. The number of anilines is 1. The van der Waals surface area contributed by atoms with Crippen molar-refractivity contribution in [2.24, 2.45) is 17.8 Å². The molecule has 1 heterocycles. The highest BCUT2D eigenvalue weighted by molar-refractivity contribution is 6.31. The minimum atomic E-state index is -0.0160. The monoisotopic (exact) mass is 376 g/mol. The predicted molar refractivity (Wildman–Crippen MR) is 105 cm³/mol. The number of likely N-dealkylation sites (tertiary alicyclic amines) is 1. The van der Waals surface area contributed by atoms with Gasteiger partial charge in [0.05, 0.1) is 0 Å². The summed E-state index contributed by atoms with van der Waals surface area (Å²) in [6, 6.07) is 5.53. The molecule has 4 nitrogen and oxygen atoms in total. The normalized spacial score (nSPS) is 26.4. The molecule has 1 aliphatic heterocycles. The molecular weight excluding hydrogens is 348 g/mol. The number of nitrogens with zero attached hydrogens (tertiary/aromatic N) is 1. The van der Waals surface area contributed by atoms with E-state index in [2.05, 4.69) is 17.1 Å². The SMILES string of the molecule is Cc1ccc(Cl)cc1NC(=O)C1CCC(C(=O)N2CCCC(C)C2)CC1. The van der Waals surface area contributed by atoms with Gasteiger partial charge in [0.15, 0.2) is 0 Å². The summed E-state index contributed by atoms with van der Waals surface area (Å²) in [5, 5.41) is 3.64. The number of hydrogen-bond donors (Lipinski definition) is 1. The molecule has 26 heavy (non-hydrogen) atoms. The van der Waals surface area contributed by atoms with Crippen LogP contribution in [-0.2, 0) is 9.59 Å². The molecule has 5 heteroatoms. The lowest BCUT2D eigenvalue weighted by atomic mass is 9.80. The zero-order chi connectivity index (χ0) is 18.7. The van der Waals surface area contributed by atoms with E-state index in [9.17, 15) is 9.59 Å². The van der Waals surface area contributed by atoms with Gasteiger partial charge in [-0.3, -0.25) is 9.59 Å². The maximum atomic E-state index is 12.8. The Balaban J connectivity index is 1.52. The number of piperidine rings is 1. The molecule has 1 unspecified atom stereocenters. The lowest BCUT2D eigenvalue weighted by Crippen LogP contribution is -2.43. The van der Waals surface area contributed by atoms with Crippen molar-refractivity contribution < 1.29 is 9.59 Å². The number of benzene rings is 1. The molecule has 2 amide bonds. The number of carbonyl (C=O) groups excluding carboxylic acids is 2. The third kappa shape index (κ3) is 4.59. The standard InChI is InChI=1S/C21H29ClN2O2/c1-14-4-3-11-24(13-14)21(26)17-8-6-16(7-9-17)20(25)23-19-12-18(22)10-5-15(19)2/h5,10,12,14,16-17H,3-4,6-9,11,13H2,1-2H3,(H,23,25). The van der Waals surface area contributed by atoms with E-state index < -0.39 is 0 Å². The molecule has 1 aromatic carbocycles. The summed E-state index contributed by atoms with van der Waals surface area (Å²) < 4.78 is 0. The summed E-state index contributed by atoms with van der Waals surface area (Å²) in [7, 11) is 0. The molecule has 0 bridgehead atoms. The molecule has 3 rings (SSSR count). The van der Waals surface area contributed by atoms with Crippen molar-refractivity contribution in [3.05, 3.63) is 28.8 Å². The zero-order valence-corrected chi connectivity index (χ0v) is 16.5. The molecular formula is C21H29ClN2O2. The van der Waals surface area contributed by atoms with Crippen molar-refractivity contribution in [1.82, 2.24) is 4.90 Å². The van der Waals surface area contributed by atoms with Crippen LogP contribution in [0.5, 0.6) is 0 Å². The largest absolute Gasteiger partial charge is 0.342 e. The topological polar surface area (TPSA) is 49.4 Å². The third-order valence-corrected chi connectivity index (χ3v) is 6.11. The Morgan fingerprint density at radius 1 is 1.12 bits per heavy atom. The zero-order valence-electron chi connectivity index (χ0n) is 15.8. The van der Waals surface area contributed by atoms with Crippen molar-refractivity contribution in [3.8, 4) is 0 Å². The Hall–Kier alpha value is -1.55. The predicted octanol–water partition coefficient (Wildman–Crippen LogP) is 4.65. The van der Waals surface area contributed by atoms with Crippen molar-refractivity contribution >= 4 is 29.1 Å². The first-order valence-corrected chi connectivity index (χ1v) is 10.2. The van der Waals surface area contributed by atoms with Crippen LogP contribution in [0.25, 0.3) is 0 Å². The molecule has 0 radical (unpaired) electrons. The fraction of sp³-hybridized carbons (Fsp3) is 0.619. The highest BCUT2D eigenvalue weighted by atomic mass is 35.5. The Bertz CT molecular complexity index is 668. The molecule has 2 aliphatic rings. The maximum absolute atomic E-state index is 12.8. The number of carbonyl (C=O) groups is 2. The average molecular weight is 377 g/mol. The van der Waals surface area contributed by atoms with Crippen LogP contribution in [0.2, 0.25) is 5.02 Å². The third-order valence-electron chi connectivity index (χ3n) is 5.87. The van der Waals surface area contributed by atoms with E-state index in [0.29, 0.717) is 16.8 Å². The van der Waals surface area contributed by atoms with Gasteiger partial charge in [0.1, 0.15) is 0 Å². The minimum Gasteiger partial charge on any atom is -0.342 e. The first-order valence-electron chi connectivity index (χ1n) is 9.80. The van der Waals surface area contributed by atoms with E-state index in [1.165, 1.54) is 6.42 Å². The fourth-order valence-corrected chi connectivity index (χ4v) is 4.39. The lowest BCUT2D eigenvalue weighted by molar-refractivity contribution is -0.139. The second kappa shape index (κ2) is 8.43. The number of hydrogen-bond acceptors (Lipinski definition) is 2. The van der Waals surface area contributed by atoms with Gasteiger partial charge in [-0.05, 0) is 69.1 Å². The van der Waals surface area contributed by atoms with Crippen LogP contribution < -0.4 is 5.32 Å². The number of aryl methyl sites for hydroxylation is 1. The summed E-state index contributed by atoms with van der Waals surface area (Å²) in [4.78, 5) is 27.4. The molecule has 1 saturated carbocycles. The number of nitrogens with one attached hydrogen (secondary N) is 1. The second-order valence-corrected chi connectivity index (χ2v) is 8.47. The van der Waals surface area contributed by atoms with E-state index in [0.717, 1.165) is 56.4 Å². The van der Waals surface area contributed by atoms with E-state index >= 15 is 0 Å². The first kappa shape index (κ1) is 19.2. The van der Waals surface area contributed by atoms with E-state index in [1.807, 2.05) is 19.1 Å². The maximum Gasteiger partial charge on any atom is 0.227 e. The summed E-state index contributed by atoms with van der Waals surface area (Å²) in [6.07, 6.45) is 5.53. The quantitative estimate of drug-likeness (QED) is 0.834. The number of halogens is 1. The van der Waals surface area contributed by atoms with Gasteiger partial charge in [-0.1, -0.05) is 24.6 Å². The summed E-state index contributed by atoms with van der Waals surface area (Å²) in [5.41, 5.74) is 1.79. The molecule has 1 aromatic rings. The lowest BCUT2D eigenvalue weighted by Gasteiger charge is -2.35. The molecule has 1 aliphatic carbocycles. The van der Waals surface area contributed by atoms with Crippen molar-refractivity contribution in [1.29, 1.82) is 0 Å². The van der Waals surface area contributed by atoms with Crippen LogP contribution in [0.1, 0.15) is 51.0 Å². The number of amides is 2. The van der Waals surface area contributed by atoms with Gasteiger partial charge in [0, 0.05) is 35.6 Å². The van der Waals surface area contributed by atoms with Gasteiger partial charge in [-0.15, -0.1) is 0 Å². The van der Waals surface area contributed by atoms with Crippen LogP contribution in [0.3, 0.4) is 0 Å². The molecule has 142 valence electrons. The Kier molecular flexibility index (Phi) is 6.23. The van der Waals surface area contributed by atoms with Gasteiger partial charge in [0.2, 0.25) is 11.8 Å². The van der Waals surface area contributed by atoms with Crippen molar-refractivity contribution in [2.45, 2.75) is 52.4 Å². The fourth-order valence-electron chi connectivity index (χ4n) is 4.21. The Labute approximate surface area is 161 Å². The first-order chi connectivity index (χ1) is 12.4. The molecule has 1 N–H and O–H groups in total. The van der Waals surface area contributed by atoms with Gasteiger partial charge >= 0.3 is 0 Å². The Morgan fingerprint density at radius 2 is 1.81 bits per heavy atom. The van der Waals surface area contributed by atoms with Crippen LogP contribution in [0.4, 0.5) is 5.69 Å². The summed E-state index contributed by atoms with van der Waals surface area (Å²) >= 11 is 6.03. The molecule has 0 aromatic heterocycles. The Morgan fingerprint density at radius 3 is 2.50 bits per heavy atom. The van der Waals surface area contributed by atoms with Crippen molar-refractivity contribution in [3.63, 3.8) is 0 Å². The minimum absolute atomic E-state index is 0.0160. The molecule has 1 atom stereocenters. The second-order valence-electron chi connectivity index (χ2n) is 8.03. The smallest absolute Gasteiger partial charge is 0.227 e. The van der Waals surface area contributed by atoms with Crippen molar-refractivity contribution in [2.75, 3.05) is 18.4 Å². The molecule has 0 spiro atoms. The summed E-state index contributed by atoms with van der Waals surface area (Å²) in [5.74, 6) is 1.04. The van der Waals surface area contributed by atoms with Gasteiger partial charge in [-0.2, -0.15) is 0 Å². The molecule has 1 saturated heterocycles. The summed E-state index contributed by atoms with van der Waals surface area (Å²) in [6.45, 7) is 5.98. The van der Waals surface area contributed by atoms with E-state index in [1.54, 1.807) is 6.07 Å². The molecule has 2 fully saturated rings. The van der Waals surface area contributed by atoms with Gasteiger partial charge < -0.3 is 10.2 Å². The van der Waals surface area contributed by atoms with E-state index in [-0.39, 0.29) is 17.7 Å². The van der Waals surface area contributed by atoms with E-state index in [4.69, 9.17) is 11.6 Å². The van der Waals surface area contributed by atoms with Crippen LogP contribution in [0.15, 0.2) is 18.2 Å². The van der Waals surface area contributed by atoms with Crippen LogP contribution >= 0.6 is 11.6 Å². The van der Waals surface area contributed by atoms with Crippen LogP contribution in [-0.4, -0.2) is 29.8 Å². The van der Waals surface area contributed by atoms with Gasteiger partial charge in [-0.25, -0.2) is 0 Å². The highest BCUT2D eigenvalue weighted by Crippen LogP contribution is 2.32. The van der Waals surface area contributed by atoms with Gasteiger partial charge in [0.25, 0.3) is 0 Å². The van der Waals surface area contributed by atoms with Crippen LogP contribution in [0, 0.1) is 24.7 Å². The highest BCUT2D eigenvalue weighted by Gasteiger charge is 2.33. The average Bonchev–Trinajstić information content (AvgIpc) is 2.64.